The van der Waals surface area contributed by atoms with Crippen LogP contribution in [0.2, 0.25) is 5.02 Å². The first kappa shape index (κ1) is 21.5. The number of anilines is 1. The third kappa shape index (κ3) is 4.67. The van der Waals surface area contributed by atoms with Crippen LogP contribution in [0, 0.1) is 13.5 Å². The molecule has 2 aromatic carbocycles. The summed E-state index contributed by atoms with van der Waals surface area (Å²) in [5, 5.41) is 21.7. The van der Waals surface area contributed by atoms with E-state index < -0.39 is 12.0 Å². The number of carbonyl (C=O) groups excluding carboxylic acids is 1. The van der Waals surface area contributed by atoms with E-state index in [0.29, 0.717) is 40.2 Å². The Morgan fingerprint density at radius 3 is 2.57 bits per heavy atom. The van der Waals surface area contributed by atoms with Gasteiger partial charge < -0.3 is 14.8 Å². The van der Waals surface area contributed by atoms with Crippen LogP contribution >= 0.6 is 11.6 Å². The summed E-state index contributed by atoms with van der Waals surface area (Å²) in [7, 11) is 0. The molecule has 154 valence electrons. The van der Waals surface area contributed by atoms with Gasteiger partial charge in [0.25, 0.3) is 0 Å². The Labute approximate surface area is 179 Å². The normalized spacial score (nSPS) is 12.8. The Morgan fingerprint density at radius 1 is 1.27 bits per heavy atom. The lowest BCUT2D eigenvalue weighted by Crippen LogP contribution is -2.18. The van der Waals surface area contributed by atoms with Crippen molar-refractivity contribution in [1.29, 1.82) is 0 Å². The average molecular weight is 425 g/mol. The van der Waals surface area contributed by atoms with Crippen LogP contribution in [0.25, 0.3) is 16.3 Å². The standard InChI is InChI=1S/C22H21ClN4O3/c1-12-16(7-10-19(24-4)20(12)23)11-18(13(2)28)22-27-26-21(30-22)15-5-8-17(9-6-15)25-14(3)29/h5-10,13,18,28H,11H2,1-3H3,(H,25,29)/t13-,18+/m0/s1. The lowest BCUT2D eigenvalue weighted by Gasteiger charge is -2.18. The molecule has 0 saturated heterocycles. The van der Waals surface area contributed by atoms with E-state index in [4.69, 9.17) is 22.6 Å². The Hall–Kier alpha value is -3.21. The van der Waals surface area contributed by atoms with Gasteiger partial charge in [-0.05, 0) is 55.7 Å². The fourth-order valence-corrected chi connectivity index (χ4v) is 3.35. The monoisotopic (exact) mass is 424 g/mol. The number of nitrogens with zero attached hydrogens (tertiary/aromatic N) is 3. The van der Waals surface area contributed by atoms with E-state index in [-0.39, 0.29) is 5.91 Å². The third-order valence-electron chi connectivity index (χ3n) is 4.83. The number of benzene rings is 2. The lowest BCUT2D eigenvalue weighted by molar-refractivity contribution is -0.114. The maximum absolute atomic E-state index is 11.1. The maximum atomic E-state index is 11.1. The second-order valence-electron chi connectivity index (χ2n) is 7.05. The number of aromatic nitrogens is 2. The molecule has 30 heavy (non-hydrogen) atoms. The Morgan fingerprint density at radius 2 is 1.97 bits per heavy atom. The first-order valence-electron chi connectivity index (χ1n) is 9.35. The molecule has 0 spiro atoms. The third-order valence-corrected chi connectivity index (χ3v) is 5.31. The van der Waals surface area contributed by atoms with Gasteiger partial charge in [0, 0.05) is 18.2 Å². The van der Waals surface area contributed by atoms with Crippen molar-refractivity contribution in [3.8, 4) is 11.5 Å². The first-order chi connectivity index (χ1) is 14.3. The highest BCUT2D eigenvalue weighted by molar-refractivity contribution is 6.34. The van der Waals surface area contributed by atoms with Gasteiger partial charge in [-0.1, -0.05) is 23.7 Å². The number of amides is 1. The number of nitrogens with one attached hydrogen (secondary N) is 1. The van der Waals surface area contributed by atoms with Crippen molar-refractivity contribution in [2.75, 3.05) is 5.32 Å². The highest BCUT2D eigenvalue weighted by atomic mass is 35.5. The molecule has 3 rings (SSSR count). The topological polar surface area (TPSA) is 92.6 Å². The number of hydrogen-bond donors (Lipinski definition) is 2. The van der Waals surface area contributed by atoms with E-state index in [1.165, 1.54) is 6.92 Å². The van der Waals surface area contributed by atoms with E-state index in [0.717, 1.165) is 11.1 Å². The lowest BCUT2D eigenvalue weighted by atomic mass is 9.92. The van der Waals surface area contributed by atoms with Gasteiger partial charge in [-0.15, -0.1) is 10.2 Å². The molecule has 8 heteroatoms. The van der Waals surface area contributed by atoms with Gasteiger partial charge in [0.1, 0.15) is 0 Å². The smallest absolute Gasteiger partial charge is 0.247 e. The predicted octanol–water partition coefficient (Wildman–Crippen LogP) is 4.91. The SMILES string of the molecule is [C-]#[N+]c1ccc(C[C@@H](c2nnc(-c3ccc(NC(C)=O)cc3)o2)[C@H](C)O)c(C)c1Cl. The molecule has 3 aromatic rings. The minimum absolute atomic E-state index is 0.151. The van der Waals surface area contributed by atoms with E-state index in [1.807, 2.05) is 13.0 Å². The van der Waals surface area contributed by atoms with Crippen LogP contribution in [0.3, 0.4) is 0 Å². The molecule has 0 radical (unpaired) electrons. The molecule has 1 heterocycles. The quantitative estimate of drug-likeness (QED) is 0.548. The summed E-state index contributed by atoms with van der Waals surface area (Å²) < 4.78 is 5.85. The Bertz CT molecular complexity index is 1100. The predicted molar refractivity (Wildman–Crippen MR) is 115 cm³/mol. The summed E-state index contributed by atoms with van der Waals surface area (Å²) in [5.41, 5.74) is 3.46. The van der Waals surface area contributed by atoms with E-state index in [9.17, 15) is 9.90 Å². The number of carbonyl (C=O) groups is 1. The van der Waals surface area contributed by atoms with E-state index in [2.05, 4.69) is 20.4 Å². The van der Waals surface area contributed by atoms with E-state index in [1.54, 1.807) is 37.3 Å². The van der Waals surface area contributed by atoms with Crippen LogP contribution in [0.15, 0.2) is 40.8 Å². The van der Waals surface area contributed by atoms with Gasteiger partial charge in [0.15, 0.2) is 0 Å². The molecule has 0 aliphatic rings. The minimum Gasteiger partial charge on any atom is -0.420 e. The van der Waals surface area contributed by atoms with Crippen molar-refractivity contribution >= 4 is 28.9 Å². The zero-order valence-electron chi connectivity index (χ0n) is 16.8. The summed E-state index contributed by atoms with van der Waals surface area (Å²) in [6, 6.07) is 10.5. The molecular formula is C22H21ClN4O3. The molecular weight excluding hydrogens is 404 g/mol. The van der Waals surface area contributed by atoms with Crippen molar-refractivity contribution in [2.45, 2.75) is 39.2 Å². The highest BCUT2D eigenvalue weighted by Gasteiger charge is 2.26. The van der Waals surface area contributed by atoms with Crippen LogP contribution in [0.5, 0.6) is 0 Å². The van der Waals surface area contributed by atoms with Crippen LogP contribution in [-0.2, 0) is 11.2 Å². The fourth-order valence-electron chi connectivity index (χ4n) is 3.12. The van der Waals surface area contributed by atoms with Gasteiger partial charge in [0.2, 0.25) is 23.4 Å². The number of hydrogen-bond acceptors (Lipinski definition) is 5. The molecule has 0 saturated carbocycles. The summed E-state index contributed by atoms with van der Waals surface area (Å²) in [5.74, 6) is 0.0553. The largest absolute Gasteiger partial charge is 0.420 e. The second kappa shape index (κ2) is 9.08. The second-order valence-corrected chi connectivity index (χ2v) is 7.43. The summed E-state index contributed by atoms with van der Waals surface area (Å²) in [4.78, 5) is 14.6. The van der Waals surface area contributed by atoms with Crippen molar-refractivity contribution < 1.29 is 14.3 Å². The molecule has 1 amide bonds. The number of rotatable bonds is 6. The zero-order valence-corrected chi connectivity index (χ0v) is 17.6. The average Bonchev–Trinajstić information content (AvgIpc) is 3.18. The molecule has 0 fully saturated rings. The highest BCUT2D eigenvalue weighted by Crippen LogP contribution is 2.34. The maximum Gasteiger partial charge on any atom is 0.247 e. The van der Waals surface area contributed by atoms with Crippen molar-refractivity contribution in [1.82, 2.24) is 10.2 Å². The van der Waals surface area contributed by atoms with Crippen LogP contribution < -0.4 is 5.32 Å². The Kier molecular flexibility index (Phi) is 6.50. The van der Waals surface area contributed by atoms with Crippen molar-refractivity contribution in [3.63, 3.8) is 0 Å². The molecule has 0 aliphatic heterocycles. The molecule has 1 aromatic heterocycles. The van der Waals surface area contributed by atoms with Gasteiger partial charge in [0.05, 0.1) is 23.6 Å². The van der Waals surface area contributed by atoms with Gasteiger partial charge in [-0.3, -0.25) is 4.79 Å². The summed E-state index contributed by atoms with van der Waals surface area (Å²) in [6.07, 6.45) is -0.302. The summed E-state index contributed by atoms with van der Waals surface area (Å²) >= 11 is 6.28. The summed E-state index contributed by atoms with van der Waals surface area (Å²) in [6.45, 7) is 12.1. The number of aliphatic hydroxyl groups is 1. The molecule has 2 N–H and O–H groups in total. The molecule has 0 bridgehead atoms. The number of aliphatic hydroxyl groups excluding tert-OH is 1. The zero-order chi connectivity index (χ0) is 21.8. The van der Waals surface area contributed by atoms with Gasteiger partial charge in [-0.25, -0.2) is 4.85 Å². The van der Waals surface area contributed by atoms with Crippen LogP contribution in [0.1, 0.15) is 36.8 Å². The molecule has 7 nitrogen and oxygen atoms in total. The van der Waals surface area contributed by atoms with E-state index >= 15 is 0 Å². The van der Waals surface area contributed by atoms with Crippen molar-refractivity contribution in [3.05, 3.63) is 69.9 Å². The van der Waals surface area contributed by atoms with Crippen molar-refractivity contribution in [2.24, 2.45) is 0 Å². The first-order valence-corrected chi connectivity index (χ1v) is 9.73. The molecule has 0 unspecified atom stereocenters. The van der Waals surface area contributed by atoms with Gasteiger partial charge in [-0.2, -0.15) is 0 Å². The minimum atomic E-state index is -0.737. The number of halogens is 1. The van der Waals surface area contributed by atoms with Crippen LogP contribution in [-0.4, -0.2) is 27.3 Å². The molecule has 2 atom stereocenters. The van der Waals surface area contributed by atoms with Crippen LogP contribution in [0.4, 0.5) is 11.4 Å². The van der Waals surface area contributed by atoms with Gasteiger partial charge >= 0.3 is 0 Å². The molecule has 0 aliphatic carbocycles. The Balaban J connectivity index is 1.85. The fraction of sp³-hybridized carbons (Fsp3) is 0.273.